The van der Waals surface area contributed by atoms with E-state index in [9.17, 15) is 11.1 Å². The Morgan fingerprint density at radius 1 is 0.295 bits per heavy atom. The highest BCUT2D eigenvalue weighted by Gasteiger charge is 2.95. The van der Waals surface area contributed by atoms with Crippen molar-refractivity contribution in [1.29, 1.82) is 0 Å². The van der Waals surface area contributed by atoms with Gasteiger partial charge in [0, 0.05) is 0 Å². The lowest BCUT2D eigenvalue weighted by molar-refractivity contribution is 0.809. The Hall–Kier alpha value is -2.96. The van der Waals surface area contributed by atoms with Crippen molar-refractivity contribution in [3.8, 4) is 0 Å². The maximum absolute atomic E-state index is 9.96. The molecule has 1 saturated heterocycles. The molecule has 326 valence electrons. The molecule has 0 radical (unpaired) electrons. The SMILES string of the molecule is CC(C)c1cc(C(C)C)c([Si]2(c3c(C(C)C)cc(C(C)C)cc3C(C)C)[Si](c3ccccc3)(c3ccccc3)[Si@@]2(Cl)c2c(C(C)C)cc(C(C)C)cc2C(C)C)c(C(C)C)c1. The van der Waals surface area contributed by atoms with E-state index in [1.807, 2.05) is 0 Å². The fourth-order valence-corrected chi connectivity index (χ4v) is 89.0. The molecule has 5 aromatic rings. The zero-order valence-corrected chi connectivity index (χ0v) is 45.1. The predicted molar refractivity (Wildman–Crippen MR) is 280 cm³/mol. The van der Waals surface area contributed by atoms with Gasteiger partial charge in [-0.2, -0.15) is 11.1 Å². The first-order chi connectivity index (χ1) is 28.6. The standard InChI is InChI=1S/C57H79ClSi3/c1-35(2)44-29-49(38(7)8)55(50(30-44)39(9)10)60(56-51(40(11)12)31-45(36(3)4)32-52(56)41(13)14)59(47-25-21-19-22-26-47,48-27-23-20-24-28-48)61(60,58)57-53(42(15)16)33-46(37(5)6)34-54(57)43(17)18/h19-43H,1-18H3/t61-/m0/s1. The summed E-state index contributed by atoms with van der Waals surface area (Å²) in [6.07, 6.45) is -3.23. The summed E-state index contributed by atoms with van der Waals surface area (Å²) in [4.78, 5) is 0. The van der Waals surface area contributed by atoms with E-state index in [-0.39, 0.29) is 0 Å². The minimum absolute atomic E-state index is 0.329. The monoisotopic (exact) mass is 883 g/mol. The van der Waals surface area contributed by atoms with Crippen molar-refractivity contribution in [3.05, 3.63) is 147 Å². The van der Waals surface area contributed by atoms with Crippen LogP contribution in [-0.4, -0.2) is 20.6 Å². The third kappa shape index (κ3) is 7.48. The van der Waals surface area contributed by atoms with Crippen molar-refractivity contribution < 1.29 is 0 Å². The molecule has 1 aliphatic heterocycles. The van der Waals surface area contributed by atoms with Gasteiger partial charge in [-0.15, -0.1) is 0 Å². The molecule has 1 heterocycles. The molecule has 0 spiro atoms. The first kappa shape index (κ1) is 47.5. The van der Waals surface area contributed by atoms with E-state index < -0.39 is 20.6 Å². The maximum atomic E-state index is 9.96. The van der Waals surface area contributed by atoms with Gasteiger partial charge in [0.05, 0.1) is 0 Å². The fraction of sp³-hybridized carbons (Fsp3) is 0.474. The molecule has 4 heteroatoms. The average molecular weight is 884 g/mol. The molecule has 0 bridgehead atoms. The van der Waals surface area contributed by atoms with Crippen LogP contribution in [0.15, 0.2) is 97.1 Å². The van der Waals surface area contributed by atoms with Gasteiger partial charge in [-0.3, -0.25) is 0 Å². The summed E-state index contributed by atoms with van der Waals surface area (Å²) < 4.78 is 0. The molecule has 1 fully saturated rings. The molecule has 6 rings (SSSR count). The van der Waals surface area contributed by atoms with Crippen LogP contribution < -0.4 is 25.9 Å². The van der Waals surface area contributed by atoms with Crippen LogP contribution in [0.2, 0.25) is 0 Å². The molecule has 61 heavy (non-hydrogen) atoms. The Balaban J connectivity index is 2.14. The first-order valence-electron chi connectivity index (χ1n) is 24.0. The van der Waals surface area contributed by atoms with E-state index in [2.05, 4.69) is 222 Å². The van der Waals surface area contributed by atoms with Gasteiger partial charge in [-0.1, -0.05) is 242 Å². The Morgan fingerprint density at radius 3 is 0.738 bits per heavy atom. The Bertz CT molecular complexity index is 2130. The zero-order chi connectivity index (χ0) is 45.1. The summed E-state index contributed by atoms with van der Waals surface area (Å²) in [6, 6.07) is 40.0. The van der Waals surface area contributed by atoms with E-state index in [1.165, 1.54) is 27.8 Å². The van der Waals surface area contributed by atoms with Crippen LogP contribution in [-0.2, 0) is 0 Å². The molecule has 1 aliphatic rings. The summed E-state index contributed by atoms with van der Waals surface area (Å²) in [5.41, 5.74) is 13.7. The molecular weight excluding hydrogens is 804 g/mol. The highest BCUT2D eigenvalue weighted by atomic mass is 35.6. The van der Waals surface area contributed by atoms with Crippen molar-refractivity contribution in [3.63, 3.8) is 0 Å². The summed E-state index contributed by atoms with van der Waals surface area (Å²) in [7, 11) is -6.18. The minimum atomic E-state index is -3.23. The molecule has 5 aromatic carbocycles. The molecule has 0 saturated carbocycles. The number of benzene rings is 5. The first-order valence-corrected chi connectivity index (χ1v) is 34.0. The van der Waals surface area contributed by atoms with Crippen LogP contribution in [0.4, 0.5) is 0 Å². The zero-order valence-electron chi connectivity index (χ0n) is 41.3. The topological polar surface area (TPSA) is 0 Å². The fourth-order valence-electron chi connectivity index (χ4n) is 11.2. The lowest BCUT2D eigenvalue weighted by Crippen LogP contribution is -2.68. The quantitative estimate of drug-likeness (QED) is 0.0770. The highest BCUT2D eigenvalue weighted by Crippen LogP contribution is 2.57. The molecule has 0 aliphatic carbocycles. The van der Waals surface area contributed by atoms with Crippen LogP contribution in [0, 0.1) is 0 Å². The van der Waals surface area contributed by atoms with E-state index in [4.69, 9.17) is 0 Å². The third-order valence-corrected chi connectivity index (χ3v) is 65.3. The van der Waals surface area contributed by atoms with Gasteiger partial charge >= 0.3 is 0 Å². The Morgan fingerprint density at radius 2 is 0.525 bits per heavy atom. The van der Waals surface area contributed by atoms with Crippen molar-refractivity contribution in [2.45, 2.75) is 178 Å². The second-order valence-corrected chi connectivity index (χ2v) is 50.1. The van der Waals surface area contributed by atoms with Crippen molar-refractivity contribution >= 4 is 57.6 Å². The number of rotatable bonds is 14. The highest BCUT2D eigenvalue weighted by molar-refractivity contribution is 8.31. The molecule has 1 atom stereocenters. The van der Waals surface area contributed by atoms with Gasteiger partial charge in [0.15, 0.2) is 6.42 Å². The predicted octanol–water partition coefficient (Wildman–Crippen LogP) is 14.0. The summed E-state index contributed by atoms with van der Waals surface area (Å²) in [5.74, 6) is 3.28. The molecule has 0 nitrogen and oxygen atoms in total. The van der Waals surface area contributed by atoms with Gasteiger partial charge in [-0.05, 0) is 109 Å². The van der Waals surface area contributed by atoms with Crippen LogP contribution in [0.1, 0.15) is 228 Å². The molecule has 0 N–H and O–H groups in total. The van der Waals surface area contributed by atoms with E-state index in [1.54, 1.807) is 48.2 Å². The number of halogens is 1. The van der Waals surface area contributed by atoms with Gasteiger partial charge in [-0.25, -0.2) is 0 Å². The van der Waals surface area contributed by atoms with E-state index in [0.717, 1.165) is 0 Å². The van der Waals surface area contributed by atoms with Crippen LogP contribution in [0.3, 0.4) is 0 Å². The third-order valence-electron chi connectivity index (χ3n) is 14.4. The van der Waals surface area contributed by atoms with Gasteiger partial charge < -0.3 is 0 Å². The second kappa shape index (κ2) is 17.9. The van der Waals surface area contributed by atoms with Crippen molar-refractivity contribution in [1.82, 2.24) is 0 Å². The average Bonchev–Trinajstić information content (AvgIpc) is 3.73. The molecule has 0 unspecified atom stereocenters. The van der Waals surface area contributed by atoms with Crippen LogP contribution in [0.25, 0.3) is 0 Å². The molecule has 0 aromatic heterocycles. The largest absolute Gasteiger partial charge is 0.184 e. The second-order valence-electron chi connectivity index (χ2n) is 21.5. The smallest absolute Gasteiger partial charge is 0.167 e. The van der Waals surface area contributed by atoms with Gasteiger partial charge in [0.1, 0.15) is 14.2 Å². The summed E-state index contributed by atoms with van der Waals surface area (Å²) in [5, 5.41) is 8.11. The Kier molecular flexibility index (Phi) is 13.9. The molecular formula is C57H79ClSi3. The normalized spacial score (nSPS) is 17.4. The lowest BCUT2D eigenvalue weighted by Gasteiger charge is -2.37. The van der Waals surface area contributed by atoms with E-state index >= 15 is 0 Å². The number of hydrogen-bond acceptors (Lipinski definition) is 0. The lowest BCUT2D eigenvalue weighted by atomic mass is 9.89. The summed E-state index contributed by atoms with van der Waals surface area (Å²) >= 11 is 9.96. The minimum Gasteiger partial charge on any atom is -0.167 e. The van der Waals surface area contributed by atoms with Gasteiger partial charge in [0.2, 0.25) is 0 Å². The van der Waals surface area contributed by atoms with Gasteiger partial charge in [0.25, 0.3) is 0 Å². The van der Waals surface area contributed by atoms with Crippen LogP contribution >= 0.6 is 11.1 Å². The number of hydrogen-bond donors (Lipinski definition) is 0. The maximum Gasteiger partial charge on any atom is 0.184 e. The Labute approximate surface area is 380 Å². The van der Waals surface area contributed by atoms with Crippen molar-refractivity contribution in [2.24, 2.45) is 0 Å². The molecule has 0 amide bonds. The van der Waals surface area contributed by atoms with E-state index in [0.29, 0.717) is 53.3 Å². The van der Waals surface area contributed by atoms with Crippen LogP contribution in [0.5, 0.6) is 0 Å². The summed E-state index contributed by atoms with van der Waals surface area (Å²) in [6.45, 7) is 44.0. The van der Waals surface area contributed by atoms with Crippen molar-refractivity contribution in [2.75, 3.05) is 0 Å².